The van der Waals surface area contributed by atoms with Crippen LogP contribution in [0.25, 0.3) is 0 Å². The van der Waals surface area contributed by atoms with Gasteiger partial charge < -0.3 is 31.8 Å². The number of aliphatic carboxylic acids is 1. The number of hydrogen-bond acceptors (Lipinski definition) is 7. The molecule has 1 aromatic heterocycles. The van der Waals surface area contributed by atoms with Gasteiger partial charge in [-0.1, -0.05) is 27.7 Å². The van der Waals surface area contributed by atoms with Crippen LogP contribution in [-0.2, 0) is 25.6 Å². The van der Waals surface area contributed by atoms with Crippen molar-refractivity contribution in [3.63, 3.8) is 0 Å². The molecule has 11 nitrogen and oxygen atoms in total. The number of amides is 3. The van der Waals surface area contributed by atoms with Crippen molar-refractivity contribution in [2.24, 2.45) is 17.6 Å². The molecule has 1 heterocycles. The van der Waals surface area contributed by atoms with E-state index in [0.717, 1.165) is 0 Å². The maximum atomic E-state index is 13.1. The van der Waals surface area contributed by atoms with Crippen LogP contribution in [-0.4, -0.2) is 74.9 Å². The molecule has 1 rings (SSSR count). The molecule has 3 amide bonds. The van der Waals surface area contributed by atoms with Crippen molar-refractivity contribution >= 4 is 35.5 Å². The SMILES string of the molecule is CSCCC(NC(=O)C(N)Cc1cnc[nH]1)C(=O)NC(C(=O)NC(CC(C)C)C(=O)O)C(C)C. The Balaban J connectivity index is 2.88. The lowest BCUT2D eigenvalue weighted by Gasteiger charge is -2.27. The normalized spacial score (nSPS) is 14.8. The number of carbonyl (C=O) groups is 4. The van der Waals surface area contributed by atoms with Crippen molar-refractivity contribution in [3.05, 3.63) is 18.2 Å². The molecule has 0 fully saturated rings. The molecule has 1 aromatic rings. The summed E-state index contributed by atoms with van der Waals surface area (Å²) in [5, 5.41) is 17.3. The summed E-state index contributed by atoms with van der Waals surface area (Å²) >= 11 is 1.52. The summed E-state index contributed by atoms with van der Waals surface area (Å²) in [7, 11) is 0. The molecular formula is C22H38N6O5S. The predicted molar refractivity (Wildman–Crippen MR) is 131 cm³/mol. The van der Waals surface area contributed by atoms with Gasteiger partial charge in [0.15, 0.2) is 0 Å². The molecule has 0 spiro atoms. The van der Waals surface area contributed by atoms with Gasteiger partial charge in [0, 0.05) is 18.3 Å². The standard InChI is InChI=1S/C22H38N6O5S/c1-12(2)8-17(22(32)33)27-21(31)18(13(3)4)28-20(30)16(6-7-34-5)26-19(29)15(23)9-14-10-24-11-25-14/h10-13,15-18H,6-9,23H2,1-5H3,(H,24,25)(H,26,29)(H,27,31)(H,28,30)(H,32,33). The Labute approximate surface area is 204 Å². The number of hydrogen-bond donors (Lipinski definition) is 6. The number of imidazole rings is 1. The Kier molecular flexibility index (Phi) is 12.7. The number of carboxylic acid groups (broad SMARTS) is 1. The fraction of sp³-hybridized carbons (Fsp3) is 0.682. The molecule has 0 aliphatic heterocycles. The van der Waals surface area contributed by atoms with Crippen molar-refractivity contribution < 1.29 is 24.3 Å². The second-order valence-electron chi connectivity index (χ2n) is 8.99. The minimum Gasteiger partial charge on any atom is -0.480 e. The summed E-state index contributed by atoms with van der Waals surface area (Å²) in [6.07, 6.45) is 5.77. The Hall–Kier alpha value is -2.60. The first-order chi connectivity index (χ1) is 16.0. The summed E-state index contributed by atoms with van der Waals surface area (Å²) in [6.45, 7) is 7.22. The van der Waals surface area contributed by atoms with E-state index in [-0.39, 0.29) is 24.7 Å². The van der Waals surface area contributed by atoms with Gasteiger partial charge in [-0.2, -0.15) is 11.8 Å². The van der Waals surface area contributed by atoms with Crippen molar-refractivity contribution in [3.8, 4) is 0 Å². The smallest absolute Gasteiger partial charge is 0.326 e. The van der Waals surface area contributed by atoms with Gasteiger partial charge >= 0.3 is 5.97 Å². The fourth-order valence-electron chi connectivity index (χ4n) is 3.25. The van der Waals surface area contributed by atoms with Gasteiger partial charge in [0.1, 0.15) is 18.1 Å². The predicted octanol–water partition coefficient (Wildman–Crippen LogP) is 0.274. The van der Waals surface area contributed by atoms with Crippen molar-refractivity contribution in [2.75, 3.05) is 12.0 Å². The van der Waals surface area contributed by atoms with E-state index in [0.29, 0.717) is 17.9 Å². The monoisotopic (exact) mass is 498 g/mol. The Morgan fingerprint density at radius 3 is 2.21 bits per heavy atom. The van der Waals surface area contributed by atoms with Crippen molar-refractivity contribution in [2.45, 2.75) is 71.1 Å². The average Bonchev–Trinajstić information content (AvgIpc) is 3.26. The van der Waals surface area contributed by atoms with E-state index in [2.05, 4.69) is 25.9 Å². The van der Waals surface area contributed by atoms with Crippen LogP contribution in [0.15, 0.2) is 12.5 Å². The van der Waals surface area contributed by atoms with Gasteiger partial charge in [0.25, 0.3) is 0 Å². The number of nitrogens with two attached hydrogens (primary N) is 1. The van der Waals surface area contributed by atoms with Crippen LogP contribution in [0.3, 0.4) is 0 Å². The number of H-pyrrole nitrogens is 1. The fourth-order valence-corrected chi connectivity index (χ4v) is 3.72. The zero-order chi connectivity index (χ0) is 25.8. The molecule has 192 valence electrons. The number of thioether (sulfide) groups is 1. The van der Waals surface area contributed by atoms with Gasteiger partial charge in [-0.05, 0) is 36.7 Å². The largest absolute Gasteiger partial charge is 0.480 e. The molecule has 0 aliphatic rings. The van der Waals surface area contributed by atoms with E-state index in [1.165, 1.54) is 18.1 Å². The molecule has 4 atom stereocenters. The maximum Gasteiger partial charge on any atom is 0.326 e. The molecule has 7 N–H and O–H groups in total. The first-order valence-corrected chi connectivity index (χ1v) is 12.7. The lowest BCUT2D eigenvalue weighted by Crippen LogP contribution is -2.58. The third kappa shape index (κ3) is 10.1. The third-order valence-corrected chi connectivity index (χ3v) is 5.79. The van der Waals surface area contributed by atoms with E-state index >= 15 is 0 Å². The van der Waals surface area contributed by atoms with E-state index < -0.39 is 47.9 Å². The van der Waals surface area contributed by atoms with Crippen LogP contribution in [0, 0.1) is 11.8 Å². The zero-order valence-corrected chi connectivity index (χ0v) is 21.3. The van der Waals surface area contributed by atoms with Crippen LogP contribution < -0.4 is 21.7 Å². The van der Waals surface area contributed by atoms with E-state index in [4.69, 9.17) is 5.73 Å². The molecule has 0 radical (unpaired) electrons. The van der Waals surface area contributed by atoms with E-state index in [1.807, 2.05) is 20.1 Å². The highest BCUT2D eigenvalue weighted by molar-refractivity contribution is 7.98. The zero-order valence-electron chi connectivity index (χ0n) is 20.5. The Bertz CT molecular complexity index is 802. The molecule has 0 aromatic carbocycles. The second kappa shape index (κ2) is 14.6. The Morgan fingerprint density at radius 2 is 1.71 bits per heavy atom. The summed E-state index contributed by atoms with van der Waals surface area (Å²) in [6, 6.07) is -3.80. The number of carbonyl (C=O) groups excluding carboxylic acids is 3. The number of aromatic amines is 1. The van der Waals surface area contributed by atoms with Crippen LogP contribution in [0.1, 0.15) is 46.2 Å². The minimum atomic E-state index is -1.13. The second-order valence-corrected chi connectivity index (χ2v) is 9.97. The minimum absolute atomic E-state index is 0.0607. The molecule has 4 unspecified atom stereocenters. The maximum absolute atomic E-state index is 13.1. The molecule has 0 aliphatic carbocycles. The van der Waals surface area contributed by atoms with Crippen LogP contribution in [0.5, 0.6) is 0 Å². The van der Waals surface area contributed by atoms with Gasteiger partial charge in [-0.3, -0.25) is 14.4 Å². The quantitative estimate of drug-likeness (QED) is 0.199. The molecule has 0 saturated carbocycles. The van der Waals surface area contributed by atoms with Gasteiger partial charge in [0.05, 0.1) is 12.4 Å². The molecule has 34 heavy (non-hydrogen) atoms. The van der Waals surface area contributed by atoms with Crippen molar-refractivity contribution in [1.82, 2.24) is 25.9 Å². The highest BCUT2D eigenvalue weighted by Crippen LogP contribution is 2.09. The van der Waals surface area contributed by atoms with Crippen LogP contribution in [0.4, 0.5) is 0 Å². The van der Waals surface area contributed by atoms with E-state index in [9.17, 15) is 24.3 Å². The number of nitrogens with one attached hydrogen (secondary N) is 4. The molecular weight excluding hydrogens is 460 g/mol. The summed E-state index contributed by atoms with van der Waals surface area (Å²) in [4.78, 5) is 56.8. The number of nitrogens with zero attached hydrogens (tertiary/aromatic N) is 1. The number of aromatic nitrogens is 2. The molecule has 0 saturated heterocycles. The number of rotatable bonds is 15. The third-order valence-electron chi connectivity index (χ3n) is 5.14. The van der Waals surface area contributed by atoms with Gasteiger partial charge in [-0.25, -0.2) is 9.78 Å². The van der Waals surface area contributed by atoms with Crippen LogP contribution >= 0.6 is 11.8 Å². The molecule has 12 heteroatoms. The lowest BCUT2D eigenvalue weighted by molar-refractivity contribution is -0.143. The lowest BCUT2D eigenvalue weighted by atomic mass is 10.00. The summed E-state index contributed by atoms with van der Waals surface area (Å²) < 4.78 is 0. The van der Waals surface area contributed by atoms with Crippen molar-refractivity contribution in [1.29, 1.82) is 0 Å². The average molecular weight is 499 g/mol. The first kappa shape index (κ1) is 29.4. The highest BCUT2D eigenvalue weighted by atomic mass is 32.2. The topological polar surface area (TPSA) is 179 Å². The van der Waals surface area contributed by atoms with Gasteiger partial charge in [-0.15, -0.1) is 0 Å². The Morgan fingerprint density at radius 1 is 1.06 bits per heavy atom. The van der Waals surface area contributed by atoms with Crippen LogP contribution in [0.2, 0.25) is 0 Å². The number of carboxylic acids is 1. The first-order valence-electron chi connectivity index (χ1n) is 11.3. The summed E-state index contributed by atoms with van der Waals surface area (Å²) in [5.74, 6) is -2.38. The molecule has 0 bridgehead atoms. The van der Waals surface area contributed by atoms with Gasteiger partial charge in [0.2, 0.25) is 17.7 Å². The highest BCUT2D eigenvalue weighted by Gasteiger charge is 2.32. The van der Waals surface area contributed by atoms with E-state index in [1.54, 1.807) is 20.0 Å². The summed E-state index contributed by atoms with van der Waals surface area (Å²) in [5.41, 5.74) is 6.68.